The first-order valence-corrected chi connectivity index (χ1v) is 7.89. The highest BCUT2D eigenvalue weighted by Crippen LogP contribution is 2.20. The molecule has 1 aromatic carbocycles. The first-order valence-electron chi connectivity index (χ1n) is 7.89. The lowest BCUT2D eigenvalue weighted by atomic mass is 10.0. The van der Waals surface area contributed by atoms with Gasteiger partial charge in [-0.3, -0.25) is 4.98 Å². The quantitative estimate of drug-likeness (QED) is 0.276. The molecule has 0 amide bonds. The summed E-state index contributed by atoms with van der Waals surface area (Å²) >= 11 is 0. The van der Waals surface area contributed by atoms with Crippen LogP contribution in [0.25, 0.3) is 10.9 Å². The summed E-state index contributed by atoms with van der Waals surface area (Å²) in [5.41, 5.74) is 2.55. The summed E-state index contributed by atoms with van der Waals surface area (Å²) in [6.07, 6.45) is 4.17. The smallest absolute Gasteiger partial charge is 0.339 e. The largest absolute Gasteiger partial charge is 0.456 e. The van der Waals surface area contributed by atoms with Crippen LogP contribution in [0.1, 0.15) is 49.2 Å². The molecule has 2 aromatic rings. The second kappa shape index (κ2) is 8.27. The molecule has 1 aromatic heterocycles. The van der Waals surface area contributed by atoms with E-state index in [4.69, 9.17) is 9.94 Å². The number of unbranched alkanes of at least 4 members (excludes halogenated alkanes) is 2. The average molecular weight is 314 g/mol. The van der Waals surface area contributed by atoms with E-state index in [1.165, 1.54) is 0 Å². The Kier molecular flexibility index (Phi) is 6.09. The first-order chi connectivity index (χ1) is 11.2. The molecule has 1 heterocycles. The Morgan fingerprint density at radius 3 is 2.83 bits per heavy atom. The Balaban J connectivity index is 2.29. The van der Waals surface area contributed by atoms with Crippen LogP contribution in [-0.2, 0) is 11.2 Å². The number of oxime groups is 1. The number of benzene rings is 1. The van der Waals surface area contributed by atoms with Crippen LogP contribution < -0.4 is 0 Å². The minimum Gasteiger partial charge on any atom is -0.456 e. The maximum Gasteiger partial charge on any atom is 0.339 e. The third-order valence-corrected chi connectivity index (χ3v) is 3.61. The van der Waals surface area contributed by atoms with Gasteiger partial charge in [0.25, 0.3) is 0 Å². The van der Waals surface area contributed by atoms with Gasteiger partial charge in [0.05, 0.1) is 16.8 Å². The SMILES string of the molecule is CCCCCc1cc(C(=O)OC/C(C)=N\O)c2ccccc2n1. The minimum atomic E-state index is -0.427. The summed E-state index contributed by atoms with van der Waals surface area (Å²) in [5, 5.41) is 12.4. The fourth-order valence-electron chi connectivity index (χ4n) is 2.36. The molecule has 0 spiro atoms. The summed E-state index contributed by atoms with van der Waals surface area (Å²) in [5.74, 6) is -0.427. The topological polar surface area (TPSA) is 71.8 Å². The lowest BCUT2D eigenvalue weighted by Crippen LogP contribution is -2.13. The highest BCUT2D eigenvalue weighted by atomic mass is 16.5. The molecule has 122 valence electrons. The van der Waals surface area contributed by atoms with Crippen LogP contribution >= 0.6 is 0 Å². The van der Waals surface area contributed by atoms with Crippen molar-refractivity contribution >= 4 is 22.6 Å². The second-order valence-corrected chi connectivity index (χ2v) is 5.55. The second-order valence-electron chi connectivity index (χ2n) is 5.55. The summed E-state index contributed by atoms with van der Waals surface area (Å²) in [6.45, 7) is 3.72. The highest BCUT2D eigenvalue weighted by Gasteiger charge is 2.14. The van der Waals surface area contributed by atoms with Gasteiger partial charge in [-0.25, -0.2) is 4.79 Å². The van der Waals surface area contributed by atoms with Crippen molar-refractivity contribution in [2.45, 2.75) is 39.5 Å². The maximum atomic E-state index is 12.4. The molecule has 5 nitrogen and oxygen atoms in total. The number of aromatic nitrogens is 1. The summed E-state index contributed by atoms with van der Waals surface area (Å²) in [7, 11) is 0. The molecule has 0 saturated heterocycles. The third kappa shape index (κ3) is 4.52. The van der Waals surface area contributed by atoms with E-state index in [0.29, 0.717) is 11.3 Å². The van der Waals surface area contributed by atoms with Gasteiger partial charge in [0, 0.05) is 11.1 Å². The van der Waals surface area contributed by atoms with E-state index < -0.39 is 5.97 Å². The Morgan fingerprint density at radius 2 is 2.09 bits per heavy atom. The number of aryl methyl sites for hydroxylation is 1. The van der Waals surface area contributed by atoms with Gasteiger partial charge in [0.15, 0.2) is 0 Å². The fourth-order valence-corrected chi connectivity index (χ4v) is 2.36. The number of ether oxygens (including phenoxy) is 1. The standard InChI is InChI=1S/C18H22N2O3/c1-3-4-5-8-14-11-16(18(21)23-12-13(2)20-22)15-9-6-7-10-17(15)19-14/h6-7,9-11,22H,3-5,8,12H2,1-2H3/b20-13-. The number of carbonyl (C=O) groups excluding carboxylic acids is 1. The number of esters is 1. The number of carbonyl (C=O) groups is 1. The lowest BCUT2D eigenvalue weighted by molar-refractivity contribution is 0.0563. The van der Waals surface area contributed by atoms with Crippen molar-refractivity contribution in [3.8, 4) is 0 Å². The van der Waals surface area contributed by atoms with Crippen LogP contribution in [0, 0.1) is 0 Å². The van der Waals surface area contributed by atoms with Crippen LogP contribution in [0.3, 0.4) is 0 Å². The number of hydrogen-bond acceptors (Lipinski definition) is 5. The molecule has 0 aliphatic heterocycles. The molecule has 0 atom stereocenters. The van der Waals surface area contributed by atoms with E-state index in [1.54, 1.807) is 6.92 Å². The number of hydrogen-bond donors (Lipinski definition) is 1. The monoisotopic (exact) mass is 314 g/mol. The normalized spacial score (nSPS) is 11.7. The van der Waals surface area contributed by atoms with Gasteiger partial charge in [0.2, 0.25) is 0 Å². The zero-order valence-electron chi connectivity index (χ0n) is 13.6. The maximum absolute atomic E-state index is 12.4. The molecule has 0 unspecified atom stereocenters. The highest BCUT2D eigenvalue weighted by molar-refractivity contribution is 6.04. The van der Waals surface area contributed by atoms with Crippen LogP contribution in [0.15, 0.2) is 35.5 Å². The van der Waals surface area contributed by atoms with Gasteiger partial charge in [0.1, 0.15) is 6.61 Å². The lowest BCUT2D eigenvalue weighted by Gasteiger charge is -2.09. The zero-order chi connectivity index (χ0) is 16.7. The molecular formula is C18H22N2O3. The van der Waals surface area contributed by atoms with E-state index in [-0.39, 0.29) is 6.61 Å². The van der Waals surface area contributed by atoms with E-state index >= 15 is 0 Å². The predicted octanol–water partition coefficient (Wildman–Crippen LogP) is 3.97. The Bertz CT molecular complexity index is 710. The molecule has 0 bridgehead atoms. The average Bonchev–Trinajstić information content (AvgIpc) is 2.58. The van der Waals surface area contributed by atoms with Crippen molar-refractivity contribution in [1.82, 2.24) is 4.98 Å². The minimum absolute atomic E-state index is 0.0306. The van der Waals surface area contributed by atoms with Crippen molar-refractivity contribution in [3.05, 3.63) is 41.6 Å². The predicted molar refractivity (Wildman–Crippen MR) is 90.2 cm³/mol. The van der Waals surface area contributed by atoms with E-state index in [2.05, 4.69) is 17.1 Å². The van der Waals surface area contributed by atoms with Crippen molar-refractivity contribution in [2.24, 2.45) is 5.16 Å². The van der Waals surface area contributed by atoms with E-state index in [1.807, 2.05) is 30.3 Å². The molecule has 0 fully saturated rings. The van der Waals surface area contributed by atoms with Gasteiger partial charge in [-0.05, 0) is 31.9 Å². The van der Waals surface area contributed by atoms with Gasteiger partial charge in [-0.2, -0.15) is 0 Å². The summed E-state index contributed by atoms with van der Waals surface area (Å²) < 4.78 is 5.21. The van der Waals surface area contributed by atoms with Gasteiger partial charge >= 0.3 is 5.97 Å². The number of nitrogens with zero attached hydrogens (tertiary/aromatic N) is 2. The van der Waals surface area contributed by atoms with Crippen molar-refractivity contribution < 1.29 is 14.7 Å². The van der Waals surface area contributed by atoms with Crippen LogP contribution in [-0.4, -0.2) is 28.5 Å². The van der Waals surface area contributed by atoms with Crippen LogP contribution in [0.4, 0.5) is 0 Å². The molecule has 23 heavy (non-hydrogen) atoms. The van der Waals surface area contributed by atoms with Crippen molar-refractivity contribution in [1.29, 1.82) is 0 Å². The fraction of sp³-hybridized carbons (Fsp3) is 0.389. The van der Waals surface area contributed by atoms with Crippen molar-refractivity contribution in [2.75, 3.05) is 6.61 Å². The first kappa shape index (κ1) is 16.9. The molecule has 5 heteroatoms. The number of para-hydroxylation sites is 1. The van der Waals surface area contributed by atoms with Crippen LogP contribution in [0.2, 0.25) is 0 Å². The van der Waals surface area contributed by atoms with Gasteiger partial charge in [-0.1, -0.05) is 43.1 Å². The molecule has 0 aliphatic rings. The Labute approximate surface area is 136 Å². The molecular weight excluding hydrogens is 292 g/mol. The van der Waals surface area contributed by atoms with E-state index in [0.717, 1.165) is 42.3 Å². The molecule has 0 aliphatic carbocycles. The molecule has 0 radical (unpaired) electrons. The number of pyridine rings is 1. The van der Waals surface area contributed by atoms with Gasteiger partial charge < -0.3 is 9.94 Å². The number of fused-ring (bicyclic) bond motifs is 1. The summed E-state index contributed by atoms with van der Waals surface area (Å²) in [6, 6.07) is 9.35. The Morgan fingerprint density at radius 1 is 1.30 bits per heavy atom. The molecule has 1 N–H and O–H groups in total. The summed E-state index contributed by atoms with van der Waals surface area (Å²) in [4.78, 5) is 17.0. The molecule has 0 saturated carbocycles. The number of rotatable bonds is 7. The van der Waals surface area contributed by atoms with E-state index in [9.17, 15) is 4.79 Å². The Hall–Kier alpha value is -2.43. The molecule has 2 rings (SSSR count). The van der Waals surface area contributed by atoms with Crippen LogP contribution in [0.5, 0.6) is 0 Å². The van der Waals surface area contributed by atoms with Gasteiger partial charge in [-0.15, -0.1) is 0 Å². The zero-order valence-corrected chi connectivity index (χ0v) is 13.6. The van der Waals surface area contributed by atoms with Crippen molar-refractivity contribution in [3.63, 3.8) is 0 Å². The third-order valence-electron chi connectivity index (χ3n) is 3.61.